The summed E-state index contributed by atoms with van der Waals surface area (Å²) in [6, 6.07) is 15.6. The number of aliphatic carboxylic acids is 1. The Bertz CT molecular complexity index is 795. The first-order valence-corrected chi connectivity index (χ1v) is 10.2. The maximum atomic E-state index is 12.0. The quantitative estimate of drug-likeness (QED) is 0.271. The van der Waals surface area contributed by atoms with E-state index in [1.165, 1.54) is 12.1 Å². The summed E-state index contributed by atoms with van der Waals surface area (Å²) in [5.41, 5.74) is 0.200. The second-order valence-electron chi connectivity index (χ2n) is 7.45. The van der Waals surface area contributed by atoms with Crippen molar-refractivity contribution in [2.24, 2.45) is 5.92 Å². The summed E-state index contributed by atoms with van der Waals surface area (Å²) < 4.78 is 0. The second-order valence-corrected chi connectivity index (χ2v) is 7.45. The number of carbonyl (C=O) groups excluding carboxylic acids is 2. The molecule has 2 rings (SSSR count). The third-order valence-electron chi connectivity index (χ3n) is 5.44. The van der Waals surface area contributed by atoms with E-state index in [1.807, 2.05) is 30.3 Å². The topological polar surface area (TPSA) is 100 Å². The number of carboxylic acids is 2. The van der Waals surface area contributed by atoms with Crippen LogP contribution in [0.4, 0.5) is 0 Å². The molecule has 0 aliphatic carbocycles. The predicted octanol–water partition coefficient (Wildman–Crippen LogP) is -3.59. The van der Waals surface area contributed by atoms with Gasteiger partial charge in [0.2, 0.25) is 0 Å². The number of aliphatic hydroxyl groups is 1. The van der Waals surface area contributed by atoms with E-state index in [4.69, 9.17) is 0 Å². The van der Waals surface area contributed by atoms with E-state index in [-0.39, 0.29) is 77.0 Å². The molecule has 1 N–H and O–H groups in total. The van der Waals surface area contributed by atoms with Gasteiger partial charge in [-0.2, -0.15) is 0 Å². The average molecular weight is 442 g/mol. The average Bonchev–Trinajstić information content (AvgIpc) is 2.72. The van der Waals surface area contributed by atoms with Crippen molar-refractivity contribution in [3.63, 3.8) is 0 Å². The van der Waals surface area contributed by atoms with Crippen molar-refractivity contribution in [3.8, 4) is 0 Å². The van der Waals surface area contributed by atoms with Crippen molar-refractivity contribution < 1.29 is 84.0 Å². The van der Waals surface area contributed by atoms with Gasteiger partial charge < -0.3 is 24.9 Å². The second kappa shape index (κ2) is 15.2. The fourth-order valence-electron chi connectivity index (χ4n) is 3.94. The van der Waals surface area contributed by atoms with Crippen molar-refractivity contribution in [1.29, 1.82) is 0 Å². The molecule has 0 aliphatic rings. The maximum absolute atomic E-state index is 12.0. The van der Waals surface area contributed by atoms with Crippen LogP contribution in [0, 0.1) is 5.92 Å². The number of carboxylic acid groups (broad SMARTS) is 2. The molecule has 0 aliphatic heterocycles. The summed E-state index contributed by atoms with van der Waals surface area (Å²) in [5, 5.41) is 33.7. The Morgan fingerprint density at radius 3 is 1.97 bits per heavy atom. The molecule has 7 heteroatoms. The van der Waals surface area contributed by atoms with Crippen LogP contribution in [-0.4, -0.2) is 17.0 Å². The smallest absolute Gasteiger partial charge is 0.550 e. The van der Waals surface area contributed by atoms with E-state index in [9.17, 15) is 24.9 Å². The van der Waals surface area contributed by atoms with Gasteiger partial charge in [-0.1, -0.05) is 80.8 Å². The van der Waals surface area contributed by atoms with Gasteiger partial charge in [-0.25, -0.2) is 0 Å². The van der Waals surface area contributed by atoms with Gasteiger partial charge in [0.25, 0.3) is 0 Å². The summed E-state index contributed by atoms with van der Waals surface area (Å²) in [4.78, 5) is 21.7. The summed E-state index contributed by atoms with van der Waals surface area (Å²) in [5.74, 6) is -2.38. The molecule has 0 saturated heterocycles. The standard InChI is InChI=1S/C24H30O5.2Na/c1-2-9-19(10-7-4-8-13-22(25)26)24(29,20-11-5-3-6-12-20)21-16-14-18(15-17-21)23(27)28;;/h3,5-6,11-12,14-17,19,29H,2,4,7-10,13H2,1H3,(H,25,26)(H,27,28);;/q;2*+1/p-2. The van der Waals surface area contributed by atoms with E-state index >= 15 is 0 Å². The van der Waals surface area contributed by atoms with Gasteiger partial charge in [0.05, 0.1) is 5.97 Å². The summed E-state index contributed by atoms with van der Waals surface area (Å²) in [6.45, 7) is 2.06. The Balaban J connectivity index is 0.00000450. The number of carbonyl (C=O) groups is 2. The van der Waals surface area contributed by atoms with Gasteiger partial charge in [-0.05, 0) is 48.3 Å². The van der Waals surface area contributed by atoms with Crippen LogP contribution in [0.2, 0.25) is 0 Å². The Labute approximate surface area is 228 Å². The first-order valence-electron chi connectivity index (χ1n) is 10.2. The molecule has 0 aromatic heterocycles. The number of unbranched alkanes of at least 4 members (excludes halogenated alkanes) is 2. The van der Waals surface area contributed by atoms with Gasteiger partial charge in [0.1, 0.15) is 5.60 Å². The number of hydrogen-bond donors (Lipinski definition) is 1. The maximum Gasteiger partial charge on any atom is 1.00 e. The van der Waals surface area contributed by atoms with Gasteiger partial charge >= 0.3 is 59.1 Å². The number of benzene rings is 2. The van der Waals surface area contributed by atoms with Crippen LogP contribution in [0.3, 0.4) is 0 Å². The molecule has 2 aromatic rings. The van der Waals surface area contributed by atoms with Crippen LogP contribution in [0.5, 0.6) is 0 Å². The minimum Gasteiger partial charge on any atom is -0.550 e. The molecule has 0 saturated carbocycles. The Hall–Kier alpha value is -0.660. The van der Waals surface area contributed by atoms with Crippen LogP contribution in [0.25, 0.3) is 0 Å². The van der Waals surface area contributed by atoms with E-state index in [1.54, 1.807) is 12.1 Å². The molecule has 2 unspecified atom stereocenters. The zero-order chi connectivity index (χ0) is 21.3. The Morgan fingerprint density at radius 2 is 1.45 bits per heavy atom. The van der Waals surface area contributed by atoms with Crippen molar-refractivity contribution >= 4 is 11.9 Å². The molecule has 0 radical (unpaired) electrons. The Kier molecular flexibility index (Phi) is 14.9. The largest absolute Gasteiger partial charge is 1.00 e. The molecule has 0 bridgehead atoms. The molecule has 5 nitrogen and oxygen atoms in total. The van der Waals surface area contributed by atoms with Crippen LogP contribution >= 0.6 is 0 Å². The summed E-state index contributed by atoms with van der Waals surface area (Å²) in [6.07, 6.45) is 4.56. The first-order chi connectivity index (χ1) is 13.9. The van der Waals surface area contributed by atoms with Gasteiger partial charge in [0.15, 0.2) is 0 Å². The normalized spacial score (nSPS) is 13.2. The van der Waals surface area contributed by atoms with Crippen molar-refractivity contribution in [2.75, 3.05) is 0 Å². The minimum atomic E-state index is -1.27. The molecule has 0 fully saturated rings. The van der Waals surface area contributed by atoms with Crippen molar-refractivity contribution in [2.45, 2.75) is 57.5 Å². The van der Waals surface area contributed by atoms with Crippen LogP contribution < -0.4 is 69.3 Å². The number of rotatable bonds is 12. The summed E-state index contributed by atoms with van der Waals surface area (Å²) >= 11 is 0. The van der Waals surface area contributed by atoms with Gasteiger partial charge in [-0.15, -0.1) is 0 Å². The van der Waals surface area contributed by atoms with E-state index in [0.717, 1.165) is 37.7 Å². The molecular weight excluding hydrogens is 414 g/mol. The van der Waals surface area contributed by atoms with Crippen LogP contribution in [0.15, 0.2) is 54.6 Å². The van der Waals surface area contributed by atoms with E-state index in [2.05, 4.69) is 6.92 Å². The third-order valence-corrected chi connectivity index (χ3v) is 5.44. The monoisotopic (exact) mass is 442 g/mol. The molecule has 2 aromatic carbocycles. The van der Waals surface area contributed by atoms with Crippen LogP contribution in [-0.2, 0) is 10.4 Å². The van der Waals surface area contributed by atoms with E-state index < -0.39 is 17.5 Å². The van der Waals surface area contributed by atoms with Gasteiger partial charge in [-0.3, -0.25) is 0 Å². The van der Waals surface area contributed by atoms with Crippen molar-refractivity contribution in [3.05, 3.63) is 71.3 Å². The predicted molar refractivity (Wildman–Crippen MR) is 107 cm³/mol. The first kappa shape index (κ1) is 30.3. The summed E-state index contributed by atoms with van der Waals surface area (Å²) in [7, 11) is 0. The fourth-order valence-corrected chi connectivity index (χ4v) is 3.94. The Morgan fingerprint density at radius 1 is 0.871 bits per heavy atom. The van der Waals surface area contributed by atoms with Gasteiger partial charge in [0, 0.05) is 5.97 Å². The molecular formula is C24H28Na2O5. The molecule has 0 heterocycles. The molecule has 0 amide bonds. The molecule has 31 heavy (non-hydrogen) atoms. The fraction of sp³-hybridized carbons (Fsp3) is 0.417. The molecule has 2 atom stereocenters. The van der Waals surface area contributed by atoms with Crippen molar-refractivity contribution in [1.82, 2.24) is 0 Å². The zero-order valence-corrected chi connectivity index (χ0v) is 22.8. The molecule has 156 valence electrons. The number of aromatic carboxylic acids is 1. The third kappa shape index (κ3) is 8.65. The number of hydrogen-bond acceptors (Lipinski definition) is 5. The molecule has 0 spiro atoms. The van der Waals surface area contributed by atoms with E-state index in [0.29, 0.717) is 12.0 Å². The minimum absolute atomic E-state index is 0. The SMILES string of the molecule is CCCC(CCCCCC(=O)[O-])C(O)(c1ccccc1)c1ccc(C(=O)[O-])cc1.[Na+].[Na+]. The van der Waals surface area contributed by atoms with Crippen LogP contribution in [0.1, 0.15) is 73.4 Å². The zero-order valence-electron chi connectivity index (χ0n) is 18.8.